The van der Waals surface area contributed by atoms with Crippen molar-refractivity contribution in [1.29, 1.82) is 0 Å². The fraction of sp³-hybridized carbons (Fsp3) is 0.412. The first kappa shape index (κ1) is 29.9. The van der Waals surface area contributed by atoms with Crippen molar-refractivity contribution in [1.82, 2.24) is 0 Å². The van der Waals surface area contributed by atoms with Crippen molar-refractivity contribution in [3.63, 3.8) is 0 Å². The van der Waals surface area contributed by atoms with Gasteiger partial charge in [-0.2, -0.15) is 0 Å². The Balaban J connectivity index is 2.50. The van der Waals surface area contributed by atoms with E-state index in [0.717, 1.165) is 44.5 Å². The van der Waals surface area contributed by atoms with Crippen LogP contribution in [-0.4, -0.2) is 18.7 Å². The minimum Gasteiger partial charge on any atom is -0.434 e. The van der Waals surface area contributed by atoms with Crippen molar-refractivity contribution < 1.29 is 23.8 Å². The van der Waals surface area contributed by atoms with Crippen LogP contribution in [0.4, 0.5) is 4.79 Å². The minimum atomic E-state index is -0.767. The summed E-state index contributed by atoms with van der Waals surface area (Å²) >= 11 is 0. The topological polar surface area (TPSA) is 61.8 Å². The largest absolute Gasteiger partial charge is 0.513 e. The number of aryl methyl sites for hydroxylation is 2. The lowest BCUT2D eigenvalue weighted by atomic mass is 9.77. The van der Waals surface area contributed by atoms with Gasteiger partial charge in [-0.1, -0.05) is 71.9 Å². The van der Waals surface area contributed by atoms with E-state index in [2.05, 4.69) is 60.6 Å². The van der Waals surface area contributed by atoms with Gasteiger partial charge < -0.3 is 14.2 Å². The molecule has 0 saturated heterocycles. The smallest absolute Gasteiger partial charge is 0.434 e. The molecule has 0 saturated carbocycles. The number of carbonyl (C=O) groups excluding carboxylic acids is 2. The van der Waals surface area contributed by atoms with Crippen molar-refractivity contribution in [2.75, 3.05) is 6.61 Å². The summed E-state index contributed by atoms with van der Waals surface area (Å²) in [4.78, 5) is 26.2. The van der Waals surface area contributed by atoms with E-state index in [-0.39, 0.29) is 17.4 Å². The van der Waals surface area contributed by atoms with E-state index in [9.17, 15) is 9.59 Å². The summed E-state index contributed by atoms with van der Waals surface area (Å²) in [6.07, 6.45) is -0.767. The molecule has 0 N–H and O–H groups in total. The third-order valence-electron chi connectivity index (χ3n) is 7.12. The number of hydrogen-bond donors (Lipinski definition) is 0. The van der Waals surface area contributed by atoms with E-state index in [4.69, 9.17) is 14.2 Å². The summed E-state index contributed by atoms with van der Waals surface area (Å²) in [7, 11) is 0. The Labute approximate surface area is 233 Å². The Morgan fingerprint density at radius 2 is 1.13 bits per heavy atom. The highest BCUT2D eigenvalue weighted by Crippen LogP contribution is 2.50. The molecule has 0 atom stereocenters. The highest BCUT2D eigenvalue weighted by Gasteiger charge is 2.33. The Hall–Kier alpha value is -3.60. The second-order valence-corrected chi connectivity index (χ2v) is 12.2. The maximum Gasteiger partial charge on any atom is 0.513 e. The molecular weight excluding hydrogens is 488 g/mol. The molecule has 0 aliphatic carbocycles. The highest BCUT2D eigenvalue weighted by atomic mass is 16.7. The summed E-state index contributed by atoms with van der Waals surface area (Å²) < 4.78 is 17.5. The van der Waals surface area contributed by atoms with Gasteiger partial charge in [-0.15, -0.1) is 0 Å². The summed E-state index contributed by atoms with van der Waals surface area (Å²) in [5.41, 5.74) is 6.99. The zero-order chi connectivity index (χ0) is 29.3. The standard InChI is InChI=1S/C34H42O5/c1-12-37-32(36)39-30-26(34(9,10)11)19-21(3)23(5)28(30)27-22(4)20(2)18-25(33(6,7)8)29(27)38-31(35)24-16-14-13-15-17-24/h13-19H,12H2,1-11H3. The fourth-order valence-corrected chi connectivity index (χ4v) is 4.67. The Bertz CT molecular complexity index is 1390. The van der Waals surface area contributed by atoms with E-state index >= 15 is 0 Å². The molecular formula is C34H42O5. The number of esters is 1. The Morgan fingerprint density at radius 3 is 1.54 bits per heavy atom. The van der Waals surface area contributed by atoms with Gasteiger partial charge in [0.2, 0.25) is 0 Å². The molecule has 0 unspecified atom stereocenters. The summed E-state index contributed by atoms with van der Waals surface area (Å²) in [6.45, 7) is 22.6. The SMILES string of the molecule is CCOC(=O)Oc1c(C(C)(C)C)cc(C)c(C)c1-c1c(C)c(C)cc(C(C)(C)C)c1OC(=O)c1ccccc1. The van der Waals surface area contributed by atoms with Crippen LogP contribution in [0.2, 0.25) is 0 Å². The molecule has 0 bridgehead atoms. The van der Waals surface area contributed by atoms with Crippen LogP contribution in [0.15, 0.2) is 42.5 Å². The molecule has 0 radical (unpaired) electrons. The number of carbonyl (C=O) groups is 2. The van der Waals surface area contributed by atoms with Crippen LogP contribution in [0.25, 0.3) is 11.1 Å². The molecule has 0 fully saturated rings. The number of rotatable bonds is 5. The first-order chi connectivity index (χ1) is 18.1. The molecule has 0 spiro atoms. The average molecular weight is 531 g/mol. The van der Waals surface area contributed by atoms with Crippen LogP contribution in [-0.2, 0) is 15.6 Å². The molecule has 0 aromatic heterocycles. The molecule has 3 aromatic carbocycles. The third-order valence-corrected chi connectivity index (χ3v) is 7.12. The molecule has 0 aliphatic rings. The zero-order valence-corrected chi connectivity index (χ0v) is 25.3. The molecule has 3 aromatic rings. The van der Waals surface area contributed by atoms with Gasteiger partial charge in [0.05, 0.1) is 12.2 Å². The maximum atomic E-state index is 13.5. The molecule has 208 valence electrons. The molecule has 0 amide bonds. The normalized spacial score (nSPS) is 11.8. The van der Waals surface area contributed by atoms with Crippen LogP contribution in [0.3, 0.4) is 0 Å². The van der Waals surface area contributed by atoms with Crippen molar-refractivity contribution in [3.05, 3.63) is 81.4 Å². The average Bonchev–Trinajstić information content (AvgIpc) is 2.84. The first-order valence-corrected chi connectivity index (χ1v) is 13.5. The Morgan fingerprint density at radius 1 is 0.692 bits per heavy atom. The maximum absolute atomic E-state index is 13.5. The number of ether oxygens (including phenoxy) is 3. The van der Waals surface area contributed by atoms with Crippen molar-refractivity contribution in [2.45, 2.75) is 87.0 Å². The number of benzene rings is 3. The van der Waals surface area contributed by atoms with Gasteiger partial charge in [0, 0.05) is 22.3 Å². The van der Waals surface area contributed by atoms with Crippen LogP contribution >= 0.6 is 0 Å². The van der Waals surface area contributed by atoms with Crippen LogP contribution in [0, 0.1) is 27.7 Å². The van der Waals surface area contributed by atoms with Crippen molar-refractivity contribution in [3.8, 4) is 22.6 Å². The lowest BCUT2D eigenvalue weighted by Gasteiger charge is -2.30. The van der Waals surface area contributed by atoms with E-state index in [1.165, 1.54) is 0 Å². The number of hydrogen-bond acceptors (Lipinski definition) is 5. The lowest BCUT2D eigenvalue weighted by Crippen LogP contribution is -2.21. The highest BCUT2D eigenvalue weighted by molar-refractivity contribution is 5.94. The van der Waals surface area contributed by atoms with E-state index < -0.39 is 12.1 Å². The van der Waals surface area contributed by atoms with E-state index in [0.29, 0.717) is 17.1 Å². The zero-order valence-electron chi connectivity index (χ0n) is 25.3. The van der Waals surface area contributed by atoms with E-state index in [1.807, 2.05) is 39.0 Å². The van der Waals surface area contributed by atoms with Gasteiger partial charge >= 0.3 is 12.1 Å². The predicted octanol–water partition coefficient (Wildman–Crippen LogP) is 8.94. The van der Waals surface area contributed by atoms with Crippen molar-refractivity contribution >= 4 is 12.1 Å². The van der Waals surface area contributed by atoms with Gasteiger partial charge in [-0.25, -0.2) is 9.59 Å². The second kappa shape index (κ2) is 11.3. The van der Waals surface area contributed by atoms with E-state index in [1.54, 1.807) is 19.1 Å². The quantitative estimate of drug-likeness (QED) is 0.187. The fourth-order valence-electron chi connectivity index (χ4n) is 4.67. The van der Waals surface area contributed by atoms with Crippen LogP contribution in [0.1, 0.15) is 92.2 Å². The molecule has 39 heavy (non-hydrogen) atoms. The monoisotopic (exact) mass is 530 g/mol. The molecule has 0 aliphatic heterocycles. The molecule has 0 heterocycles. The first-order valence-electron chi connectivity index (χ1n) is 13.5. The van der Waals surface area contributed by atoms with Crippen LogP contribution < -0.4 is 9.47 Å². The molecule has 5 heteroatoms. The molecule has 3 rings (SSSR count). The second-order valence-electron chi connectivity index (χ2n) is 12.2. The van der Waals surface area contributed by atoms with Gasteiger partial charge in [-0.3, -0.25) is 0 Å². The predicted molar refractivity (Wildman–Crippen MR) is 157 cm³/mol. The van der Waals surface area contributed by atoms with Gasteiger partial charge in [0.15, 0.2) is 0 Å². The summed E-state index contributed by atoms with van der Waals surface area (Å²) in [5.74, 6) is 0.455. The van der Waals surface area contributed by atoms with Crippen molar-refractivity contribution in [2.24, 2.45) is 0 Å². The summed E-state index contributed by atoms with van der Waals surface area (Å²) in [6, 6.07) is 13.1. The van der Waals surface area contributed by atoms with Gasteiger partial charge in [0.1, 0.15) is 11.5 Å². The lowest BCUT2D eigenvalue weighted by molar-refractivity contribution is 0.0732. The van der Waals surface area contributed by atoms with Gasteiger partial charge in [0.25, 0.3) is 0 Å². The Kier molecular flexibility index (Phi) is 8.64. The van der Waals surface area contributed by atoms with Crippen LogP contribution in [0.5, 0.6) is 11.5 Å². The molecule has 5 nitrogen and oxygen atoms in total. The third kappa shape index (κ3) is 6.35. The van der Waals surface area contributed by atoms with Gasteiger partial charge in [-0.05, 0) is 79.8 Å². The summed E-state index contributed by atoms with van der Waals surface area (Å²) in [5, 5.41) is 0. The minimum absolute atomic E-state index is 0.196.